The molecule has 1 N–H and O–H groups in total. The van der Waals surface area contributed by atoms with Gasteiger partial charge in [0.1, 0.15) is 6.54 Å². The molecular weight excluding hydrogens is 331 g/mol. The summed E-state index contributed by atoms with van der Waals surface area (Å²) in [7, 11) is -3.22. The number of halogens is 1. The van der Waals surface area contributed by atoms with Crippen molar-refractivity contribution in [1.29, 1.82) is 0 Å². The Hall–Kier alpha value is -1.69. The Labute approximate surface area is 141 Å². The molecule has 24 heavy (non-hydrogen) atoms. The summed E-state index contributed by atoms with van der Waals surface area (Å²) in [5, 5.41) is 3.08. The lowest BCUT2D eigenvalue weighted by atomic mass is 10.0. The van der Waals surface area contributed by atoms with Crippen molar-refractivity contribution >= 4 is 21.4 Å². The van der Waals surface area contributed by atoms with E-state index in [4.69, 9.17) is 4.74 Å². The molecule has 0 spiro atoms. The first-order valence-corrected chi connectivity index (χ1v) is 10.1. The van der Waals surface area contributed by atoms with Crippen LogP contribution in [-0.2, 0) is 14.6 Å². The van der Waals surface area contributed by atoms with Crippen molar-refractivity contribution in [3.8, 4) is 0 Å². The highest BCUT2D eigenvalue weighted by atomic mass is 32.2. The minimum absolute atomic E-state index is 0.124. The van der Waals surface area contributed by atoms with Gasteiger partial charge in [-0.25, -0.2) is 17.5 Å². The number of ether oxygens (including phenoxy) is 1. The average molecular weight is 353 g/mol. The molecule has 5 nitrogen and oxygen atoms in total. The largest absolute Gasteiger partial charge is 0.377 e. The summed E-state index contributed by atoms with van der Waals surface area (Å²) in [6.07, 6.45) is 3.15. The number of rotatable bonds is 4. The van der Waals surface area contributed by atoms with Crippen LogP contribution in [-0.4, -0.2) is 51.6 Å². The van der Waals surface area contributed by atoms with Gasteiger partial charge >= 0.3 is 5.84 Å². The fourth-order valence-electron chi connectivity index (χ4n) is 2.95. The van der Waals surface area contributed by atoms with E-state index in [0.29, 0.717) is 25.2 Å². The molecule has 0 saturated carbocycles. The van der Waals surface area contributed by atoms with Gasteiger partial charge in [0, 0.05) is 31.3 Å². The first-order valence-electron chi connectivity index (χ1n) is 8.18. The van der Waals surface area contributed by atoms with E-state index in [1.54, 1.807) is 24.3 Å². The Kier molecular flexibility index (Phi) is 5.04. The standard InChI is InChI=1S/C17H21FN2O3S/c1-24(21,22)14-6-4-12(5-7-14)16-9-8-15(18)17(20-16)19-11-13-3-2-10-23-13/h4-7,13,15H,2-3,8-11H2,1H3/p+1. The van der Waals surface area contributed by atoms with Crippen molar-refractivity contribution in [3.63, 3.8) is 0 Å². The molecule has 2 unspecified atom stereocenters. The molecule has 0 aliphatic carbocycles. The summed E-state index contributed by atoms with van der Waals surface area (Å²) >= 11 is 0. The summed E-state index contributed by atoms with van der Waals surface area (Å²) in [5.41, 5.74) is 1.60. The summed E-state index contributed by atoms with van der Waals surface area (Å²) < 4.78 is 47.1. The molecule has 2 aliphatic heterocycles. The van der Waals surface area contributed by atoms with Gasteiger partial charge in [-0.2, -0.15) is 0 Å². The van der Waals surface area contributed by atoms with Crippen molar-refractivity contribution in [2.24, 2.45) is 0 Å². The monoisotopic (exact) mass is 353 g/mol. The van der Waals surface area contributed by atoms with Crippen LogP contribution in [0.25, 0.3) is 0 Å². The van der Waals surface area contributed by atoms with Crippen LogP contribution < -0.4 is 9.98 Å². The molecule has 1 fully saturated rings. The van der Waals surface area contributed by atoms with Gasteiger partial charge in [0.25, 0.3) is 0 Å². The van der Waals surface area contributed by atoms with Crippen molar-refractivity contribution < 1.29 is 17.5 Å². The third-order valence-electron chi connectivity index (χ3n) is 4.34. The predicted molar refractivity (Wildman–Crippen MR) is 91.9 cm³/mol. The lowest BCUT2D eigenvalue weighted by molar-refractivity contribution is 0.113. The van der Waals surface area contributed by atoms with Gasteiger partial charge in [-0.3, -0.25) is 5.32 Å². The van der Waals surface area contributed by atoms with Crippen LogP contribution in [0.2, 0.25) is 0 Å². The van der Waals surface area contributed by atoms with E-state index >= 15 is 0 Å². The van der Waals surface area contributed by atoms with Crippen LogP contribution in [0, 0.1) is 0 Å². The maximum atomic E-state index is 14.1. The van der Waals surface area contributed by atoms with Crippen LogP contribution in [0.4, 0.5) is 4.39 Å². The normalized spacial score (nSPS) is 24.4. The number of nitrogens with zero attached hydrogens (tertiary/aromatic N) is 1. The molecule has 1 saturated heterocycles. The van der Waals surface area contributed by atoms with Crippen molar-refractivity contribution in [3.05, 3.63) is 29.8 Å². The van der Waals surface area contributed by atoms with Crippen LogP contribution in [0.3, 0.4) is 0 Å². The topological polar surface area (TPSA) is 69.5 Å². The quantitative estimate of drug-likeness (QED) is 0.827. The number of amidine groups is 1. The molecule has 2 aliphatic rings. The summed E-state index contributed by atoms with van der Waals surface area (Å²) in [6.45, 7) is 1.33. The molecule has 130 valence electrons. The molecular formula is C17H22FN2O3S+. The summed E-state index contributed by atoms with van der Waals surface area (Å²) in [5.74, 6) is 0.346. The van der Waals surface area contributed by atoms with Gasteiger partial charge in [0.2, 0.25) is 11.9 Å². The maximum absolute atomic E-state index is 14.1. The fourth-order valence-corrected chi connectivity index (χ4v) is 3.58. The number of benzene rings is 1. The average Bonchev–Trinajstić information content (AvgIpc) is 3.07. The molecule has 1 aromatic rings. The lowest BCUT2D eigenvalue weighted by Gasteiger charge is -2.12. The summed E-state index contributed by atoms with van der Waals surface area (Å²) in [6, 6.07) is 6.58. The fraction of sp³-hybridized carbons (Fsp3) is 0.529. The molecule has 3 rings (SSSR count). The second kappa shape index (κ2) is 7.05. The van der Waals surface area contributed by atoms with Gasteiger partial charge in [-0.05, 0) is 37.1 Å². The van der Waals surface area contributed by atoms with Gasteiger partial charge in [-0.1, -0.05) is 0 Å². The zero-order valence-corrected chi connectivity index (χ0v) is 14.5. The van der Waals surface area contributed by atoms with E-state index in [0.717, 1.165) is 30.7 Å². The second-order valence-electron chi connectivity index (χ2n) is 6.26. The molecule has 0 aromatic heterocycles. The minimum atomic E-state index is -3.22. The Morgan fingerprint density at radius 1 is 1.29 bits per heavy atom. The smallest absolute Gasteiger partial charge is 0.374 e. The minimum Gasteiger partial charge on any atom is -0.374 e. The molecule has 7 heteroatoms. The molecule has 2 heterocycles. The van der Waals surface area contributed by atoms with E-state index in [1.165, 1.54) is 6.26 Å². The van der Waals surface area contributed by atoms with Crippen LogP contribution in [0.5, 0.6) is 0 Å². The highest BCUT2D eigenvalue weighted by Crippen LogP contribution is 2.16. The first kappa shape index (κ1) is 17.1. The van der Waals surface area contributed by atoms with E-state index < -0.39 is 16.0 Å². The van der Waals surface area contributed by atoms with Crippen LogP contribution >= 0.6 is 0 Å². The Bertz CT molecular complexity index is 762. The third-order valence-corrected chi connectivity index (χ3v) is 5.47. The van der Waals surface area contributed by atoms with E-state index in [9.17, 15) is 12.8 Å². The van der Waals surface area contributed by atoms with Crippen molar-refractivity contribution in [1.82, 2.24) is 9.98 Å². The number of nitrogens with one attached hydrogen (secondary N) is 1. The molecule has 0 bridgehead atoms. The van der Waals surface area contributed by atoms with E-state index in [1.807, 2.05) is 0 Å². The Balaban J connectivity index is 1.80. The van der Waals surface area contributed by atoms with E-state index in [-0.39, 0.29) is 11.0 Å². The van der Waals surface area contributed by atoms with Gasteiger partial charge < -0.3 is 4.74 Å². The van der Waals surface area contributed by atoms with Crippen molar-refractivity contribution in [2.75, 3.05) is 19.4 Å². The van der Waals surface area contributed by atoms with Crippen molar-refractivity contribution in [2.45, 2.75) is 42.9 Å². The van der Waals surface area contributed by atoms with E-state index in [2.05, 4.69) is 9.98 Å². The maximum Gasteiger partial charge on any atom is 0.377 e. The van der Waals surface area contributed by atoms with Crippen LogP contribution in [0.1, 0.15) is 31.2 Å². The summed E-state index contributed by atoms with van der Waals surface area (Å²) in [4.78, 5) is 0.270. The first-order chi connectivity index (χ1) is 11.4. The molecule has 2 atom stereocenters. The van der Waals surface area contributed by atoms with Gasteiger partial charge in [-0.15, -0.1) is 0 Å². The Morgan fingerprint density at radius 3 is 2.67 bits per heavy atom. The SMILES string of the molecule is CS(=O)(=O)c1ccc(C2=[N+]=C(NCC3CCCO3)C(F)CC2)cc1. The van der Waals surface area contributed by atoms with Gasteiger partial charge in [0.05, 0.1) is 11.0 Å². The number of hydrogen-bond acceptors (Lipinski definition) is 4. The molecule has 0 radical (unpaired) electrons. The van der Waals surface area contributed by atoms with Gasteiger partial charge in [0.15, 0.2) is 9.84 Å². The molecule has 0 amide bonds. The molecule has 1 aromatic carbocycles. The van der Waals surface area contributed by atoms with Crippen LogP contribution in [0.15, 0.2) is 29.2 Å². The highest BCUT2D eigenvalue weighted by molar-refractivity contribution is 7.90. The highest BCUT2D eigenvalue weighted by Gasteiger charge is 2.31. The second-order valence-corrected chi connectivity index (χ2v) is 8.28. The zero-order valence-electron chi connectivity index (χ0n) is 13.7. The number of alkyl halides is 1. The number of sulfone groups is 1. The lowest BCUT2D eigenvalue weighted by Crippen LogP contribution is -2.41. The Morgan fingerprint density at radius 2 is 2.04 bits per heavy atom. The zero-order chi connectivity index (χ0) is 17.2. The number of hydrogen-bond donors (Lipinski definition) is 1. The predicted octanol–water partition coefficient (Wildman–Crippen LogP) is 1.25. The third kappa shape index (κ3) is 4.04.